The maximum Gasteiger partial charge on any atom is 0.259 e. The summed E-state index contributed by atoms with van der Waals surface area (Å²) >= 11 is 2.86. The number of amides is 1. The number of piperidine rings is 1. The molecule has 4 rings (SSSR count). The third-order valence-corrected chi connectivity index (χ3v) is 9.16. The summed E-state index contributed by atoms with van der Waals surface area (Å²) in [5.41, 5.74) is 1.00. The number of nitrogens with one attached hydrogen (secondary N) is 1. The van der Waals surface area contributed by atoms with Gasteiger partial charge in [-0.3, -0.25) is 10.1 Å². The summed E-state index contributed by atoms with van der Waals surface area (Å²) in [6.07, 6.45) is 2.75. The third kappa shape index (κ3) is 5.25. The zero-order chi connectivity index (χ0) is 22.6. The molecule has 2 aliphatic heterocycles. The van der Waals surface area contributed by atoms with Crippen molar-refractivity contribution < 1.29 is 17.9 Å². The third-order valence-electron chi connectivity index (χ3n) is 5.41. The van der Waals surface area contributed by atoms with Gasteiger partial charge in [0.15, 0.2) is 4.34 Å². The van der Waals surface area contributed by atoms with Gasteiger partial charge in [0.1, 0.15) is 0 Å². The highest BCUT2D eigenvalue weighted by Gasteiger charge is 2.29. The number of benzene rings is 1. The van der Waals surface area contributed by atoms with E-state index in [0.29, 0.717) is 55.8 Å². The van der Waals surface area contributed by atoms with E-state index in [1.54, 1.807) is 23.9 Å². The molecule has 2 saturated heterocycles. The zero-order valence-corrected chi connectivity index (χ0v) is 20.4. The topological polar surface area (TPSA) is 105 Å². The minimum absolute atomic E-state index is 0.140. The molecule has 174 valence electrons. The fraction of sp³-hybridized carbons (Fsp3) is 0.550. The molecular weight excluding hydrogens is 470 g/mol. The number of sulfonamides is 1. The van der Waals surface area contributed by atoms with Crippen LogP contribution in [0.15, 0.2) is 27.4 Å². The summed E-state index contributed by atoms with van der Waals surface area (Å²) in [7, 11) is -3.66. The van der Waals surface area contributed by atoms with E-state index in [1.165, 1.54) is 21.7 Å². The normalized spacial score (nSPS) is 18.0. The van der Waals surface area contributed by atoms with Crippen molar-refractivity contribution in [2.24, 2.45) is 0 Å². The predicted octanol–water partition coefficient (Wildman–Crippen LogP) is 2.91. The molecule has 0 atom stereocenters. The summed E-state index contributed by atoms with van der Waals surface area (Å²) in [6, 6.07) is 4.83. The Hall–Kier alpha value is -1.73. The second kappa shape index (κ2) is 10.5. The number of morpholine rings is 1. The summed E-state index contributed by atoms with van der Waals surface area (Å²) < 4.78 is 34.2. The Morgan fingerprint density at radius 3 is 2.62 bits per heavy atom. The lowest BCUT2D eigenvalue weighted by Crippen LogP contribution is -2.38. The second-order valence-electron chi connectivity index (χ2n) is 7.50. The van der Waals surface area contributed by atoms with Crippen molar-refractivity contribution in [1.29, 1.82) is 0 Å². The van der Waals surface area contributed by atoms with Crippen LogP contribution in [-0.4, -0.2) is 74.0 Å². The Balaban J connectivity index is 1.66. The SMILES string of the molecule is CCSc1nnc(NC(=O)c2cc(S(=O)(=O)N3CCCCC3)ccc2N2CCOCC2)s1. The van der Waals surface area contributed by atoms with Crippen molar-refractivity contribution >= 4 is 49.8 Å². The Bertz CT molecular complexity index is 1050. The van der Waals surface area contributed by atoms with Crippen LogP contribution in [0.2, 0.25) is 0 Å². The molecular formula is C20H27N5O4S3. The largest absolute Gasteiger partial charge is 0.378 e. The van der Waals surface area contributed by atoms with Crippen LogP contribution in [0.1, 0.15) is 36.5 Å². The van der Waals surface area contributed by atoms with Gasteiger partial charge in [0.05, 0.1) is 23.7 Å². The molecule has 9 nitrogen and oxygen atoms in total. The first kappa shape index (κ1) is 23.4. The van der Waals surface area contributed by atoms with Crippen LogP contribution in [0.3, 0.4) is 0 Å². The first-order valence-electron chi connectivity index (χ1n) is 10.7. The van der Waals surface area contributed by atoms with Crippen LogP contribution in [0, 0.1) is 0 Å². The van der Waals surface area contributed by atoms with Gasteiger partial charge in [-0.05, 0) is 36.8 Å². The van der Waals surface area contributed by atoms with Crippen LogP contribution in [0.4, 0.5) is 10.8 Å². The lowest BCUT2D eigenvalue weighted by Gasteiger charge is -2.31. The molecule has 0 radical (unpaired) electrons. The summed E-state index contributed by atoms with van der Waals surface area (Å²) in [4.78, 5) is 15.4. The fourth-order valence-electron chi connectivity index (χ4n) is 3.80. The number of rotatable bonds is 7. The highest BCUT2D eigenvalue weighted by molar-refractivity contribution is 8.01. The van der Waals surface area contributed by atoms with E-state index in [1.807, 2.05) is 11.8 Å². The van der Waals surface area contributed by atoms with E-state index in [2.05, 4.69) is 15.5 Å². The molecule has 0 unspecified atom stereocenters. The highest BCUT2D eigenvalue weighted by atomic mass is 32.2. The maximum atomic E-state index is 13.3. The average molecular weight is 498 g/mol. The van der Waals surface area contributed by atoms with E-state index in [9.17, 15) is 13.2 Å². The van der Waals surface area contributed by atoms with Gasteiger partial charge in [-0.25, -0.2) is 8.42 Å². The number of hydrogen-bond donors (Lipinski definition) is 1. The average Bonchev–Trinajstić information content (AvgIpc) is 3.26. The van der Waals surface area contributed by atoms with Crippen LogP contribution in [0.25, 0.3) is 0 Å². The molecule has 0 spiro atoms. The molecule has 1 amide bonds. The van der Waals surface area contributed by atoms with Gasteiger partial charge in [0.25, 0.3) is 5.91 Å². The maximum absolute atomic E-state index is 13.3. The lowest BCUT2D eigenvalue weighted by atomic mass is 10.1. The van der Waals surface area contributed by atoms with E-state index in [-0.39, 0.29) is 4.90 Å². The number of carbonyl (C=O) groups is 1. The highest BCUT2D eigenvalue weighted by Crippen LogP contribution is 2.30. The van der Waals surface area contributed by atoms with Gasteiger partial charge in [-0.1, -0.05) is 36.4 Å². The van der Waals surface area contributed by atoms with Crippen molar-refractivity contribution in [3.8, 4) is 0 Å². The van der Waals surface area contributed by atoms with Crippen LogP contribution in [0.5, 0.6) is 0 Å². The van der Waals surface area contributed by atoms with Gasteiger partial charge in [-0.15, -0.1) is 10.2 Å². The standard InChI is InChI=1S/C20H27N5O4S3/c1-2-30-20-23-22-19(31-20)21-18(26)16-14-15(32(27,28)25-8-4-3-5-9-25)6-7-17(16)24-10-12-29-13-11-24/h6-7,14H,2-5,8-13H2,1H3,(H,21,22,26). The van der Waals surface area contributed by atoms with Crippen molar-refractivity contribution in [2.75, 3.05) is 55.4 Å². The first-order chi connectivity index (χ1) is 15.5. The zero-order valence-electron chi connectivity index (χ0n) is 17.9. The number of anilines is 2. The molecule has 1 aromatic heterocycles. The Morgan fingerprint density at radius 1 is 1.16 bits per heavy atom. The van der Waals surface area contributed by atoms with Crippen molar-refractivity contribution in [2.45, 2.75) is 35.4 Å². The number of carbonyl (C=O) groups excluding carboxylic acids is 1. The lowest BCUT2D eigenvalue weighted by molar-refractivity contribution is 0.102. The number of hydrogen-bond acceptors (Lipinski definition) is 9. The molecule has 32 heavy (non-hydrogen) atoms. The van der Waals surface area contributed by atoms with E-state index in [0.717, 1.165) is 29.4 Å². The Labute approximate surface area is 196 Å². The minimum Gasteiger partial charge on any atom is -0.378 e. The summed E-state index contributed by atoms with van der Waals surface area (Å²) in [5, 5.41) is 11.3. The Morgan fingerprint density at radius 2 is 1.91 bits per heavy atom. The Kier molecular flexibility index (Phi) is 7.66. The molecule has 0 saturated carbocycles. The van der Waals surface area contributed by atoms with Gasteiger partial charge in [-0.2, -0.15) is 4.31 Å². The molecule has 12 heteroatoms. The molecule has 1 N–H and O–H groups in total. The van der Waals surface area contributed by atoms with Crippen molar-refractivity contribution in [1.82, 2.24) is 14.5 Å². The molecule has 0 aliphatic carbocycles. The molecule has 3 heterocycles. The second-order valence-corrected chi connectivity index (χ2v) is 11.9. The van der Waals surface area contributed by atoms with E-state index >= 15 is 0 Å². The molecule has 1 aromatic carbocycles. The van der Waals surface area contributed by atoms with Crippen molar-refractivity contribution in [3.63, 3.8) is 0 Å². The van der Waals surface area contributed by atoms with Gasteiger partial charge in [0, 0.05) is 31.9 Å². The molecule has 2 aromatic rings. The van der Waals surface area contributed by atoms with Gasteiger partial charge < -0.3 is 9.64 Å². The summed E-state index contributed by atoms with van der Waals surface area (Å²) in [6.45, 7) is 5.43. The van der Waals surface area contributed by atoms with Crippen LogP contribution >= 0.6 is 23.1 Å². The number of ether oxygens (including phenoxy) is 1. The number of aromatic nitrogens is 2. The van der Waals surface area contributed by atoms with Crippen molar-refractivity contribution in [3.05, 3.63) is 23.8 Å². The fourth-order valence-corrected chi connectivity index (χ4v) is 6.99. The molecule has 0 bridgehead atoms. The molecule has 2 fully saturated rings. The minimum atomic E-state index is -3.66. The molecule has 2 aliphatic rings. The number of nitrogens with zero attached hydrogens (tertiary/aromatic N) is 4. The quantitative estimate of drug-likeness (QED) is 0.460. The number of thioether (sulfide) groups is 1. The predicted molar refractivity (Wildman–Crippen MR) is 126 cm³/mol. The smallest absolute Gasteiger partial charge is 0.259 e. The van der Waals surface area contributed by atoms with Gasteiger partial charge >= 0.3 is 0 Å². The van der Waals surface area contributed by atoms with E-state index < -0.39 is 15.9 Å². The first-order valence-corrected chi connectivity index (χ1v) is 14.0. The van der Waals surface area contributed by atoms with Crippen LogP contribution < -0.4 is 10.2 Å². The van der Waals surface area contributed by atoms with Gasteiger partial charge in [0.2, 0.25) is 15.2 Å². The summed E-state index contributed by atoms with van der Waals surface area (Å²) in [5.74, 6) is 0.464. The monoisotopic (exact) mass is 497 g/mol. The van der Waals surface area contributed by atoms with E-state index in [4.69, 9.17) is 4.74 Å². The van der Waals surface area contributed by atoms with Crippen LogP contribution in [-0.2, 0) is 14.8 Å².